The number of hydrogen-bond acceptors (Lipinski definition) is 6. The predicted octanol–water partition coefficient (Wildman–Crippen LogP) is 7.59. The fourth-order valence-electron chi connectivity index (χ4n) is 5.65. The Kier molecular flexibility index (Phi) is 9.27. The molecule has 0 fully saturated rings. The van der Waals surface area contributed by atoms with Crippen molar-refractivity contribution in [1.29, 1.82) is 0 Å². The summed E-state index contributed by atoms with van der Waals surface area (Å²) in [5.74, 6) is -1.78. The number of Topliss-reactive ketones (excluding diaryl/α,β-unsaturated/α-hetero) is 1. The van der Waals surface area contributed by atoms with E-state index in [4.69, 9.17) is 9.47 Å². The number of nitrogens with zero attached hydrogens (tertiary/aromatic N) is 1. The first-order valence-corrected chi connectivity index (χ1v) is 14.8. The van der Waals surface area contributed by atoms with E-state index in [0.29, 0.717) is 62.8 Å². The van der Waals surface area contributed by atoms with Gasteiger partial charge >= 0.3 is 11.9 Å². The highest BCUT2D eigenvalue weighted by atomic mass is 19.1. The van der Waals surface area contributed by atoms with E-state index >= 15 is 0 Å². The molecule has 1 aliphatic carbocycles. The van der Waals surface area contributed by atoms with Gasteiger partial charge in [-0.2, -0.15) is 0 Å². The zero-order valence-corrected chi connectivity index (χ0v) is 26.1. The maximum Gasteiger partial charge on any atom is 0.355 e. The van der Waals surface area contributed by atoms with E-state index in [9.17, 15) is 23.2 Å². The normalized spacial score (nSPS) is 12.6. The molecule has 3 aromatic heterocycles. The highest BCUT2D eigenvalue weighted by molar-refractivity contribution is 6.27. The van der Waals surface area contributed by atoms with E-state index in [1.807, 2.05) is 32.9 Å². The molecule has 6 rings (SSSR count). The molecule has 0 saturated heterocycles. The van der Waals surface area contributed by atoms with Crippen LogP contribution >= 0.6 is 0 Å². The Morgan fingerprint density at radius 2 is 1.41 bits per heavy atom. The lowest BCUT2D eigenvalue weighted by atomic mass is 9.93. The Balaban J connectivity index is 0.000000181. The van der Waals surface area contributed by atoms with Crippen molar-refractivity contribution in [3.63, 3.8) is 0 Å². The van der Waals surface area contributed by atoms with E-state index in [-0.39, 0.29) is 29.5 Å². The Morgan fingerprint density at radius 1 is 0.870 bits per heavy atom. The van der Waals surface area contributed by atoms with Gasteiger partial charge in [0.05, 0.1) is 14.2 Å². The number of H-pyrrole nitrogens is 2. The molecule has 0 saturated carbocycles. The van der Waals surface area contributed by atoms with Crippen molar-refractivity contribution in [3.8, 4) is 11.1 Å². The van der Waals surface area contributed by atoms with Gasteiger partial charge in [-0.1, -0.05) is 38.1 Å². The number of methoxy groups -OCH3 is 2. The second-order valence-electron chi connectivity index (χ2n) is 10.7. The summed E-state index contributed by atoms with van der Waals surface area (Å²) < 4.78 is 37.8. The standard InChI is InChI=1S/C18H17FN2O2.C18H16FNO3/c1-4-11-8-13-15(9-14(11)19)21-17(18(22)23-3)16(13)12-6-5-7-20-10(12)2;1-3-10-8-12-14(9-13(10)19)20-17(18(22)23-2)16(12)11-6-4-5-7-15(11)21/h5-9,21H,4H2,1-3H3;4-6,8-9,20H,3,7H2,1-2H3. The van der Waals surface area contributed by atoms with Gasteiger partial charge in [0, 0.05) is 62.4 Å². The van der Waals surface area contributed by atoms with Crippen molar-refractivity contribution >= 4 is 45.1 Å². The summed E-state index contributed by atoms with van der Waals surface area (Å²) in [4.78, 5) is 46.7. The van der Waals surface area contributed by atoms with E-state index in [2.05, 4.69) is 15.0 Å². The van der Waals surface area contributed by atoms with E-state index in [1.54, 1.807) is 36.6 Å². The molecule has 46 heavy (non-hydrogen) atoms. The van der Waals surface area contributed by atoms with Crippen LogP contribution in [-0.4, -0.2) is 46.9 Å². The number of fused-ring (bicyclic) bond motifs is 2. The van der Waals surface area contributed by atoms with Crippen molar-refractivity contribution in [1.82, 2.24) is 15.0 Å². The number of halogens is 2. The molecule has 0 atom stereocenters. The molecule has 236 valence electrons. The monoisotopic (exact) mass is 625 g/mol. The van der Waals surface area contributed by atoms with Crippen LogP contribution in [0.1, 0.15) is 63.6 Å². The molecule has 5 aromatic rings. The number of ketones is 1. The smallest absolute Gasteiger partial charge is 0.355 e. The molecule has 2 N–H and O–H groups in total. The first-order valence-electron chi connectivity index (χ1n) is 14.8. The maximum atomic E-state index is 14.1. The second-order valence-corrected chi connectivity index (χ2v) is 10.7. The van der Waals surface area contributed by atoms with Crippen molar-refractivity contribution < 1.29 is 32.6 Å². The maximum absolute atomic E-state index is 14.1. The highest BCUT2D eigenvalue weighted by Crippen LogP contribution is 2.36. The summed E-state index contributed by atoms with van der Waals surface area (Å²) in [6.45, 7) is 5.62. The van der Waals surface area contributed by atoms with E-state index < -0.39 is 11.9 Å². The van der Waals surface area contributed by atoms with E-state index in [1.165, 1.54) is 26.4 Å². The first kappa shape index (κ1) is 32.0. The lowest BCUT2D eigenvalue weighted by molar-refractivity contribution is -0.113. The number of nitrogens with one attached hydrogen (secondary N) is 2. The Labute approximate surface area is 264 Å². The molecule has 0 unspecified atom stereocenters. The average Bonchev–Trinajstić information content (AvgIpc) is 3.61. The second kappa shape index (κ2) is 13.3. The molecule has 0 spiro atoms. The minimum atomic E-state index is -0.585. The number of carbonyl (C=O) groups is 3. The number of ether oxygens (including phenoxy) is 2. The average molecular weight is 626 g/mol. The number of carbonyl (C=O) groups excluding carboxylic acids is 3. The largest absolute Gasteiger partial charge is 0.464 e. The molecule has 10 heteroatoms. The number of esters is 2. The molecule has 2 aromatic carbocycles. The molecule has 0 aliphatic heterocycles. The number of aromatic amines is 2. The van der Waals surface area contributed by atoms with Crippen LogP contribution in [0.4, 0.5) is 8.78 Å². The van der Waals surface area contributed by atoms with Crippen molar-refractivity contribution in [2.24, 2.45) is 0 Å². The summed E-state index contributed by atoms with van der Waals surface area (Å²) in [5, 5.41) is 1.44. The van der Waals surface area contributed by atoms with Gasteiger partial charge in [-0.15, -0.1) is 0 Å². The van der Waals surface area contributed by atoms with Crippen LogP contribution in [-0.2, 0) is 27.1 Å². The zero-order valence-electron chi connectivity index (χ0n) is 26.1. The third kappa shape index (κ3) is 5.85. The van der Waals surface area contributed by atoms with Gasteiger partial charge in [-0.3, -0.25) is 9.78 Å². The molecule has 0 radical (unpaired) electrons. The van der Waals surface area contributed by atoms with Crippen LogP contribution in [0.5, 0.6) is 0 Å². The SMILES string of the molecule is CCc1cc2c(-c3cccnc3C)c(C(=O)OC)[nH]c2cc1F.CCc1cc2c(C3=CC=CCC3=O)c(C(=O)OC)[nH]c2cc1F. The Hall–Kier alpha value is -5.38. The van der Waals surface area contributed by atoms with Crippen LogP contribution < -0.4 is 0 Å². The van der Waals surface area contributed by atoms with Crippen molar-refractivity contribution in [2.75, 3.05) is 14.2 Å². The summed E-state index contributed by atoms with van der Waals surface area (Å²) in [6.07, 6.45) is 8.29. The van der Waals surface area contributed by atoms with Crippen LogP contribution in [0.25, 0.3) is 38.5 Å². The van der Waals surface area contributed by atoms with Gasteiger partial charge in [0.2, 0.25) is 0 Å². The number of hydrogen-bond donors (Lipinski definition) is 2. The number of benzene rings is 2. The van der Waals surface area contributed by atoms with Gasteiger partial charge in [-0.25, -0.2) is 18.4 Å². The predicted molar refractivity (Wildman–Crippen MR) is 173 cm³/mol. The molecular weight excluding hydrogens is 592 g/mol. The third-order valence-corrected chi connectivity index (χ3v) is 8.02. The van der Waals surface area contributed by atoms with Gasteiger partial charge in [0.25, 0.3) is 0 Å². The topological polar surface area (TPSA) is 114 Å². The van der Waals surface area contributed by atoms with Gasteiger partial charge in [-0.05, 0) is 61.2 Å². The molecule has 0 amide bonds. The van der Waals surface area contributed by atoms with Crippen LogP contribution in [0, 0.1) is 18.6 Å². The molecule has 0 bridgehead atoms. The number of aromatic nitrogens is 3. The minimum absolute atomic E-state index is 0.0825. The number of aryl methyl sites for hydroxylation is 3. The lowest BCUT2D eigenvalue weighted by Crippen LogP contribution is -2.09. The fourth-order valence-corrected chi connectivity index (χ4v) is 5.65. The minimum Gasteiger partial charge on any atom is -0.464 e. The molecule has 8 nitrogen and oxygen atoms in total. The summed E-state index contributed by atoms with van der Waals surface area (Å²) >= 11 is 0. The van der Waals surface area contributed by atoms with Crippen LogP contribution in [0.15, 0.2) is 60.8 Å². The van der Waals surface area contributed by atoms with Gasteiger partial charge in [0.15, 0.2) is 5.78 Å². The summed E-state index contributed by atoms with van der Waals surface area (Å²) in [5.41, 5.74) is 5.90. The first-order chi connectivity index (χ1) is 22.1. The molecule has 1 aliphatic rings. The Bertz CT molecular complexity index is 2070. The van der Waals surface area contributed by atoms with E-state index in [0.717, 1.165) is 16.6 Å². The number of rotatable bonds is 6. The fraction of sp³-hybridized carbons (Fsp3) is 0.222. The number of allylic oxidation sites excluding steroid dienone is 4. The lowest BCUT2D eigenvalue weighted by Gasteiger charge is -2.10. The number of pyridine rings is 1. The van der Waals surface area contributed by atoms with Crippen LogP contribution in [0.3, 0.4) is 0 Å². The highest BCUT2D eigenvalue weighted by Gasteiger charge is 2.26. The molecule has 3 heterocycles. The quantitative estimate of drug-likeness (QED) is 0.188. The van der Waals surface area contributed by atoms with Crippen molar-refractivity contribution in [2.45, 2.75) is 40.0 Å². The van der Waals surface area contributed by atoms with Crippen molar-refractivity contribution in [3.05, 3.63) is 106 Å². The Morgan fingerprint density at radius 3 is 1.91 bits per heavy atom. The zero-order chi connectivity index (χ0) is 33.1. The van der Waals surface area contributed by atoms with Gasteiger partial charge < -0.3 is 19.4 Å². The van der Waals surface area contributed by atoms with Crippen LogP contribution in [0.2, 0.25) is 0 Å². The summed E-state index contributed by atoms with van der Waals surface area (Å²) in [6, 6.07) is 9.97. The van der Waals surface area contributed by atoms with Gasteiger partial charge in [0.1, 0.15) is 23.0 Å². The molecular formula is C36H33F2N3O5. The summed E-state index contributed by atoms with van der Waals surface area (Å²) in [7, 11) is 2.60. The third-order valence-electron chi connectivity index (χ3n) is 8.02.